The van der Waals surface area contributed by atoms with Crippen LogP contribution in [0.1, 0.15) is 24.3 Å². The summed E-state index contributed by atoms with van der Waals surface area (Å²) in [6.45, 7) is 1.55. The Morgan fingerprint density at radius 3 is 2.79 bits per heavy atom. The van der Waals surface area contributed by atoms with Crippen LogP contribution < -0.4 is 0 Å². The highest BCUT2D eigenvalue weighted by molar-refractivity contribution is 6.36. The maximum atomic E-state index is 10.4. The molecule has 0 amide bonds. The summed E-state index contributed by atoms with van der Waals surface area (Å²) in [5, 5.41) is 9.91. The van der Waals surface area contributed by atoms with Crippen molar-refractivity contribution in [2.45, 2.75) is 19.4 Å². The molecule has 76 valence electrons. The van der Waals surface area contributed by atoms with Crippen molar-refractivity contribution >= 4 is 29.5 Å². The van der Waals surface area contributed by atoms with Crippen LogP contribution in [0.4, 0.5) is 0 Å². The molecule has 0 aromatic carbocycles. The Bertz CT molecular complexity index is 353. The minimum atomic E-state index is -0.773. The van der Waals surface area contributed by atoms with Gasteiger partial charge in [0, 0.05) is 12.6 Å². The normalized spacial score (nSPS) is 12.6. The number of carbonyl (C=O) groups is 1. The third-order valence-corrected chi connectivity index (χ3v) is 2.53. The molecule has 0 radical (unpaired) electrons. The maximum absolute atomic E-state index is 10.4. The van der Waals surface area contributed by atoms with Crippen molar-refractivity contribution in [3.05, 3.63) is 27.5 Å². The van der Waals surface area contributed by atoms with E-state index in [2.05, 4.69) is 4.98 Å². The molecule has 1 heterocycles. The summed E-state index contributed by atoms with van der Waals surface area (Å²) in [5.41, 5.74) is 0.849. The summed E-state index contributed by atoms with van der Waals surface area (Å²) in [7, 11) is 0. The van der Waals surface area contributed by atoms with Crippen LogP contribution in [0.5, 0.6) is 0 Å². The van der Waals surface area contributed by atoms with Gasteiger partial charge in [-0.2, -0.15) is 0 Å². The Kier molecular flexibility index (Phi) is 3.86. The first-order valence-electron chi connectivity index (χ1n) is 4.02. The molecule has 0 aliphatic rings. The smallest absolute Gasteiger partial charge is 0.124 e. The molecule has 0 spiro atoms. The van der Waals surface area contributed by atoms with E-state index in [4.69, 9.17) is 23.2 Å². The van der Waals surface area contributed by atoms with Gasteiger partial charge < -0.3 is 9.90 Å². The zero-order chi connectivity index (χ0) is 10.7. The van der Waals surface area contributed by atoms with Gasteiger partial charge in [-0.1, -0.05) is 23.2 Å². The van der Waals surface area contributed by atoms with Crippen molar-refractivity contribution in [1.29, 1.82) is 0 Å². The second-order valence-corrected chi connectivity index (χ2v) is 3.62. The number of carbonyl (C=O) groups excluding carboxylic acids is 1. The minimum absolute atomic E-state index is 0.125. The average molecular weight is 234 g/mol. The number of aliphatic hydroxyl groups excluding tert-OH is 1. The van der Waals surface area contributed by atoms with Gasteiger partial charge in [0.1, 0.15) is 6.29 Å². The lowest BCUT2D eigenvalue weighted by Gasteiger charge is -2.10. The highest BCUT2D eigenvalue weighted by Gasteiger charge is 2.14. The highest BCUT2D eigenvalue weighted by atomic mass is 35.5. The molecule has 0 bridgehead atoms. The van der Waals surface area contributed by atoms with Crippen LogP contribution in [-0.2, 0) is 11.2 Å². The predicted octanol–water partition coefficient (Wildman–Crippen LogP) is 2.18. The molecular formula is C9H9Cl2NO2. The SMILES string of the molecule is C[C@H](O)c1ncc(Cl)c(CC=O)c1Cl. The van der Waals surface area contributed by atoms with Gasteiger partial charge in [0.15, 0.2) is 0 Å². The van der Waals surface area contributed by atoms with Gasteiger partial charge in [0.25, 0.3) is 0 Å². The summed E-state index contributed by atoms with van der Waals surface area (Å²) in [6.07, 6.45) is 1.44. The number of aliphatic hydroxyl groups is 1. The second-order valence-electron chi connectivity index (χ2n) is 2.83. The van der Waals surface area contributed by atoms with E-state index >= 15 is 0 Å². The van der Waals surface area contributed by atoms with Gasteiger partial charge in [-0.25, -0.2) is 0 Å². The zero-order valence-electron chi connectivity index (χ0n) is 7.50. The predicted molar refractivity (Wildman–Crippen MR) is 54.7 cm³/mol. The molecule has 1 aromatic rings. The van der Waals surface area contributed by atoms with Gasteiger partial charge in [-0.05, 0) is 12.5 Å². The van der Waals surface area contributed by atoms with E-state index in [0.29, 0.717) is 22.6 Å². The number of hydrogen-bond acceptors (Lipinski definition) is 3. The second kappa shape index (κ2) is 4.73. The van der Waals surface area contributed by atoms with Gasteiger partial charge in [-0.15, -0.1) is 0 Å². The van der Waals surface area contributed by atoms with Crippen LogP contribution in [0, 0.1) is 0 Å². The van der Waals surface area contributed by atoms with E-state index < -0.39 is 6.10 Å². The van der Waals surface area contributed by atoms with Crippen molar-refractivity contribution in [3.63, 3.8) is 0 Å². The van der Waals surface area contributed by atoms with Crippen molar-refractivity contribution in [3.8, 4) is 0 Å². The first-order valence-corrected chi connectivity index (χ1v) is 4.78. The molecule has 1 N–H and O–H groups in total. The number of rotatable bonds is 3. The fourth-order valence-electron chi connectivity index (χ4n) is 1.08. The van der Waals surface area contributed by atoms with Gasteiger partial charge in [0.2, 0.25) is 0 Å². The molecular weight excluding hydrogens is 225 g/mol. The van der Waals surface area contributed by atoms with Crippen molar-refractivity contribution in [2.75, 3.05) is 0 Å². The van der Waals surface area contributed by atoms with E-state index in [1.165, 1.54) is 6.20 Å². The molecule has 1 atom stereocenters. The summed E-state index contributed by atoms with van der Waals surface area (Å²) in [6, 6.07) is 0. The molecule has 0 aliphatic carbocycles. The molecule has 3 nitrogen and oxygen atoms in total. The Balaban J connectivity index is 3.25. The Labute approximate surface area is 91.7 Å². The zero-order valence-corrected chi connectivity index (χ0v) is 9.01. The van der Waals surface area contributed by atoms with E-state index in [0.717, 1.165) is 0 Å². The lowest BCUT2D eigenvalue weighted by atomic mass is 10.1. The average Bonchev–Trinajstić information content (AvgIpc) is 2.11. The topological polar surface area (TPSA) is 50.2 Å². The molecule has 5 heteroatoms. The van der Waals surface area contributed by atoms with E-state index in [9.17, 15) is 9.90 Å². The molecule has 0 saturated heterocycles. The number of nitrogens with zero attached hydrogens (tertiary/aromatic N) is 1. The van der Waals surface area contributed by atoms with Crippen LogP contribution in [-0.4, -0.2) is 16.4 Å². The van der Waals surface area contributed by atoms with Crippen LogP contribution >= 0.6 is 23.2 Å². The molecule has 1 aromatic heterocycles. The van der Waals surface area contributed by atoms with Crippen LogP contribution in [0.3, 0.4) is 0 Å². The van der Waals surface area contributed by atoms with Gasteiger partial charge in [0.05, 0.1) is 21.8 Å². The first kappa shape index (κ1) is 11.4. The summed E-state index contributed by atoms with van der Waals surface area (Å²) in [5.74, 6) is 0. The fraction of sp³-hybridized carbons (Fsp3) is 0.333. The van der Waals surface area contributed by atoms with Crippen LogP contribution in [0.15, 0.2) is 6.20 Å². The number of halogens is 2. The molecule has 14 heavy (non-hydrogen) atoms. The van der Waals surface area contributed by atoms with Crippen molar-refractivity contribution < 1.29 is 9.90 Å². The highest BCUT2D eigenvalue weighted by Crippen LogP contribution is 2.29. The van der Waals surface area contributed by atoms with Crippen LogP contribution in [0.25, 0.3) is 0 Å². The summed E-state index contributed by atoms with van der Waals surface area (Å²) < 4.78 is 0. The third-order valence-electron chi connectivity index (χ3n) is 1.78. The molecule has 0 aliphatic heterocycles. The lowest BCUT2D eigenvalue weighted by Crippen LogP contribution is -2.01. The Morgan fingerprint density at radius 1 is 1.64 bits per heavy atom. The molecule has 0 unspecified atom stereocenters. The van der Waals surface area contributed by atoms with Crippen molar-refractivity contribution in [1.82, 2.24) is 4.98 Å². The maximum Gasteiger partial charge on any atom is 0.124 e. The number of hydrogen-bond donors (Lipinski definition) is 1. The summed E-state index contributed by atoms with van der Waals surface area (Å²) in [4.78, 5) is 14.3. The quantitative estimate of drug-likeness (QED) is 0.815. The standard InChI is InChI=1S/C9H9Cl2NO2/c1-5(14)9-8(11)6(2-3-13)7(10)4-12-9/h3-5,14H,2H2,1H3/t5-/m0/s1. The fourth-order valence-corrected chi connectivity index (χ4v) is 1.74. The summed E-state index contributed by atoms with van der Waals surface area (Å²) >= 11 is 11.7. The van der Waals surface area contributed by atoms with Crippen molar-refractivity contribution in [2.24, 2.45) is 0 Å². The number of pyridine rings is 1. The van der Waals surface area contributed by atoms with Gasteiger partial charge >= 0.3 is 0 Å². The molecule has 0 fully saturated rings. The van der Waals surface area contributed by atoms with E-state index in [-0.39, 0.29) is 11.4 Å². The lowest BCUT2D eigenvalue weighted by molar-refractivity contribution is -0.107. The largest absolute Gasteiger partial charge is 0.387 e. The van der Waals surface area contributed by atoms with E-state index in [1.807, 2.05) is 0 Å². The Morgan fingerprint density at radius 2 is 2.29 bits per heavy atom. The van der Waals surface area contributed by atoms with Crippen LogP contribution in [0.2, 0.25) is 10.0 Å². The van der Waals surface area contributed by atoms with E-state index in [1.54, 1.807) is 6.92 Å². The number of aldehydes is 1. The minimum Gasteiger partial charge on any atom is -0.387 e. The first-order chi connectivity index (χ1) is 6.57. The molecule has 0 saturated carbocycles. The Hall–Kier alpha value is -0.640. The molecule has 1 rings (SSSR count). The third kappa shape index (κ3) is 2.23. The number of aromatic nitrogens is 1. The monoisotopic (exact) mass is 233 g/mol. The van der Waals surface area contributed by atoms with Gasteiger partial charge in [-0.3, -0.25) is 4.98 Å².